The molecule has 0 radical (unpaired) electrons. The van der Waals surface area contributed by atoms with Crippen molar-refractivity contribution < 1.29 is 4.79 Å². The van der Waals surface area contributed by atoms with E-state index < -0.39 is 0 Å². The normalized spacial score (nSPS) is 9.54. The quantitative estimate of drug-likeness (QED) is 0.512. The van der Waals surface area contributed by atoms with Crippen LogP contribution in [-0.4, -0.2) is 10.9 Å². The van der Waals surface area contributed by atoms with Gasteiger partial charge in [0.05, 0.1) is 0 Å². The van der Waals surface area contributed by atoms with Crippen molar-refractivity contribution in [3.8, 4) is 0 Å². The molecule has 0 atom stereocenters. The molecule has 1 rings (SSSR count). The molecule has 0 aromatic carbocycles. The van der Waals surface area contributed by atoms with E-state index in [1.807, 2.05) is 0 Å². The first-order valence-corrected chi connectivity index (χ1v) is 4.04. The van der Waals surface area contributed by atoms with Crippen LogP contribution in [0.2, 0.25) is 0 Å². The van der Waals surface area contributed by atoms with Gasteiger partial charge in [0, 0.05) is 24.4 Å². The van der Waals surface area contributed by atoms with Gasteiger partial charge in [-0.2, -0.15) is 0 Å². The lowest BCUT2D eigenvalue weighted by Crippen LogP contribution is -2.18. The van der Waals surface area contributed by atoms with Gasteiger partial charge in [-0.15, -0.1) is 6.58 Å². The number of allylic oxidation sites excluding steroid dienone is 1. The maximum absolute atomic E-state index is 11.2. The van der Waals surface area contributed by atoms with Crippen molar-refractivity contribution in [1.82, 2.24) is 4.57 Å². The molecule has 0 aliphatic carbocycles. The van der Waals surface area contributed by atoms with E-state index in [1.165, 1.54) is 16.7 Å². The van der Waals surface area contributed by atoms with Gasteiger partial charge in [-0.1, -0.05) is 6.08 Å². The van der Waals surface area contributed by atoms with Crippen LogP contribution in [0.5, 0.6) is 0 Å². The molecule has 0 aliphatic heterocycles. The van der Waals surface area contributed by atoms with Gasteiger partial charge in [0.15, 0.2) is 6.29 Å². The minimum absolute atomic E-state index is 0.0903. The Morgan fingerprint density at radius 2 is 2.23 bits per heavy atom. The van der Waals surface area contributed by atoms with Gasteiger partial charge in [-0.3, -0.25) is 9.59 Å². The van der Waals surface area contributed by atoms with Crippen LogP contribution in [0.4, 0.5) is 0 Å². The monoisotopic (exact) mass is 177 g/mol. The summed E-state index contributed by atoms with van der Waals surface area (Å²) in [4.78, 5) is 21.6. The highest BCUT2D eigenvalue weighted by atomic mass is 16.1. The molecule has 13 heavy (non-hydrogen) atoms. The Labute approximate surface area is 76.3 Å². The molecule has 0 fully saturated rings. The number of aryl methyl sites for hydroxylation is 1. The van der Waals surface area contributed by atoms with Crippen molar-refractivity contribution in [3.63, 3.8) is 0 Å². The van der Waals surface area contributed by atoms with E-state index in [0.29, 0.717) is 12.1 Å². The van der Waals surface area contributed by atoms with Crippen molar-refractivity contribution in [1.29, 1.82) is 0 Å². The van der Waals surface area contributed by atoms with Gasteiger partial charge in [0.2, 0.25) is 0 Å². The molecule has 0 N–H and O–H groups in total. The number of pyridine rings is 1. The highest BCUT2D eigenvalue weighted by Crippen LogP contribution is 1.93. The van der Waals surface area contributed by atoms with E-state index in [9.17, 15) is 9.59 Å². The minimum atomic E-state index is -0.0903. The van der Waals surface area contributed by atoms with Crippen molar-refractivity contribution >= 4 is 6.29 Å². The Morgan fingerprint density at radius 1 is 1.46 bits per heavy atom. The number of carbonyl (C=O) groups excluding carboxylic acids is 1. The van der Waals surface area contributed by atoms with Crippen molar-refractivity contribution in [2.24, 2.45) is 0 Å². The summed E-state index contributed by atoms with van der Waals surface area (Å²) >= 11 is 0. The molecule has 68 valence electrons. The van der Waals surface area contributed by atoms with Crippen LogP contribution in [-0.2, 0) is 6.54 Å². The van der Waals surface area contributed by atoms with Crippen molar-refractivity contribution in [2.75, 3.05) is 0 Å². The Bertz CT molecular complexity index is 365. The van der Waals surface area contributed by atoms with Gasteiger partial charge in [-0.05, 0) is 12.5 Å². The first kappa shape index (κ1) is 9.45. The lowest BCUT2D eigenvalue weighted by molar-refractivity contribution is 0.112. The molecule has 0 saturated carbocycles. The van der Waals surface area contributed by atoms with Gasteiger partial charge in [0.1, 0.15) is 0 Å². The fourth-order valence-electron chi connectivity index (χ4n) is 1.02. The summed E-state index contributed by atoms with van der Waals surface area (Å²) in [5.41, 5.74) is 0.427. The first-order valence-electron chi connectivity index (χ1n) is 4.04. The van der Waals surface area contributed by atoms with Crippen molar-refractivity contribution in [3.05, 3.63) is 46.9 Å². The third-order valence-electron chi connectivity index (χ3n) is 1.72. The van der Waals surface area contributed by atoms with Crippen LogP contribution in [0, 0.1) is 0 Å². The van der Waals surface area contributed by atoms with Crippen LogP contribution >= 0.6 is 0 Å². The lowest BCUT2D eigenvalue weighted by atomic mass is 10.3. The predicted octanol–water partition coefficient (Wildman–Crippen LogP) is 1.24. The fourth-order valence-corrected chi connectivity index (χ4v) is 1.02. The molecule has 3 nitrogen and oxygen atoms in total. The average molecular weight is 177 g/mol. The van der Waals surface area contributed by atoms with E-state index in [1.54, 1.807) is 12.3 Å². The number of nitrogens with zero attached hydrogens (tertiary/aromatic N) is 1. The summed E-state index contributed by atoms with van der Waals surface area (Å²) in [6.45, 7) is 4.14. The van der Waals surface area contributed by atoms with Gasteiger partial charge in [-0.25, -0.2) is 0 Å². The van der Waals surface area contributed by atoms with Crippen LogP contribution in [0.3, 0.4) is 0 Å². The number of carbonyl (C=O) groups is 1. The van der Waals surface area contributed by atoms with Gasteiger partial charge < -0.3 is 4.57 Å². The first-order chi connectivity index (χ1) is 6.27. The number of hydrogen-bond donors (Lipinski definition) is 0. The van der Waals surface area contributed by atoms with E-state index >= 15 is 0 Å². The minimum Gasteiger partial charge on any atom is -0.315 e. The summed E-state index contributed by atoms with van der Waals surface area (Å²) in [6.07, 6.45) is 4.74. The third-order valence-corrected chi connectivity index (χ3v) is 1.72. The number of hydrogen-bond acceptors (Lipinski definition) is 2. The Hall–Kier alpha value is -1.64. The summed E-state index contributed by atoms with van der Waals surface area (Å²) in [7, 11) is 0. The zero-order chi connectivity index (χ0) is 9.68. The van der Waals surface area contributed by atoms with Crippen LogP contribution < -0.4 is 5.56 Å². The third kappa shape index (κ3) is 2.40. The fraction of sp³-hybridized carbons (Fsp3) is 0.200. The van der Waals surface area contributed by atoms with E-state index in [-0.39, 0.29) is 5.56 Å². The van der Waals surface area contributed by atoms with Crippen LogP contribution in [0.25, 0.3) is 0 Å². The Balaban J connectivity index is 2.96. The van der Waals surface area contributed by atoms with Gasteiger partial charge in [0.25, 0.3) is 5.56 Å². The van der Waals surface area contributed by atoms with Crippen LogP contribution in [0.15, 0.2) is 35.8 Å². The second-order valence-corrected chi connectivity index (χ2v) is 2.69. The molecular formula is C10H11NO2. The summed E-state index contributed by atoms with van der Waals surface area (Å²) in [5.74, 6) is 0. The van der Waals surface area contributed by atoms with E-state index in [0.717, 1.165) is 12.7 Å². The SMILES string of the molecule is C=CCCn1cc(C=O)ccc1=O. The largest absolute Gasteiger partial charge is 0.315 e. The molecule has 0 aliphatic rings. The molecule has 3 heteroatoms. The zero-order valence-electron chi connectivity index (χ0n) is 7.27. The summed E-state index contributed by atoms with van der Waals surface area (Å²) in [5, 5.41) is 0. The molecular weight excluding hydrogens is 166 g/mol. The number of aldehydes is 1. The van der Waals surface area contributed by atoms with E-state index in [4.69, 9.17) is 0 Å². The average Bonchev–Trinajstić information content (AvgIpc) is 2.17. The maximum atomic E-state index is 11.2. The molecule has 0 amide bonds. The molecule has 0 bridgehead atoms. The van der Waals surface area contributed by atoms with E-state index in [2.05, 4.69) is 6.58 Å². The molecule has 0 spiro atoms. The molecule has 0 saturated heterocycles. The molecule has 1 aromatic heterocycles. The highest BCUT2D eigenvalue weighted by Gasteiger charge is 1.95. The standard InChI is InChI=1S/C10H11NO2/c1-2-3-6-11-7-9(8-12)4-5-10(11)13/h2,4-5,7-8H,1,3,6H2. The van der Waals surface area contributed by atoms with Crippen molar-refractivity contribution in [2.45, 2.75) is 13.0 Å². The van der Waals surface area contributed by atoms with Gasteiger partial charge >= 0.3 is 0 Å². The topological polar surface area (TPSA) is 39.1 Å². The maximum Gasteiger partial charge on any atom is 0.250 e. The smallest absolute Gasteiger partial charge is 0.250 e. The second-order valence-electron chi connectivity index (χ2n) is 2.69. The Morgan fingerprint density at radius 3 is 2.85 bits per heavy atom. The highest BCUT2D eigenvalue weighted by molar-refractivity contribution is 5.73. The molecule has 1 heterocycles. The number of rotatable bonds is 4. The number of aromatic nitrogens is 1. The van der Waals surface area contributed by atoms with Crippen LogP contribution in [0.1, 0.15) is 16.8 Å². The predicted molar refractivity (Wildman–Crippen MR) is 50.9 cm³/mol. The summed E-state index contributed by atoms with van der Waals surface area (Å²) < 4.78 is 1.51. The lowest BCUT2D eigenvalue weighted by Gasteiger charge is -2.02. The second kappa shape index (κ2) is 4.40. The molecule has 1 aromatic rings. The zero-order valence-corrected chi connectivity index (χ0v) is 7.27. The Kier molecular flexibility index (Phi) is 3.20. The molecule has 0 unspecified atom stereocenters. The summed E-state index contributed by atoms with van der Waals surface area (Å²) in [6, 6.07) is 2.91.